The first-order valence-electron chi connectivity index (χ1n) is 12.3. The molecule has 1 aliphatic rings. The molecule has 0 saturated carbocycles. The number of carbonyl (C=O) groups is 1. The number of nitrogens with zero attached hydrogens (tertiary/aromatic N) is 6. The van der Waals surface area contributed by atoms with E-state index in [2.05, 4.69) is 25.7 Å². The Morgan fingerprint density at radius 1 is 1.23 bits per heavy atom. The Kier molecular flexibility index (Phi) is 7.21. The van der Waals surface area contributed by atoms with Crippen LogP contribution in [0.3, 0.4) is 0 Å². The minimum atomic E-state index is -4.86. The average molecular weight is 549 g/mol. The topological polar surface area (TPSA) is 92.4 Å². The molecule has 4 heterocycles. The van der Waals surface area contributed by atoms with Crippen molar-refractivity contribution in [2.45, 2.75) is 38.9 Å². The first-order valence-corrected chi connectivity index (χ1v) is 12.3. The molecular weight excluding hydrogens is 523 g/mol. The molecule has 0 spiro atoms. The summed E-state index contributed by atoms with van der Waals surface area (Å²) in [6.07, 6.45) is -1.27. The molecule has 1 aliphatic heterocycles. The first-order chi connectivity index (χ1) is 18.7. The van der Waals surface area contributed by atoms with E-state index in [4.69, 9.17) is 0 Å². The number of fused-ring (bicyclic) bond motifs is 1. The van der Waals surface area contributed by atoms with Gasteiger partial charge in [-0.15, -0.1) is 0 Å². The molecule has 1 fully saturated rings. The number of aryl methyl sites for hydroxylation is 1. The Morgan fingerprint density at radius 2 is 2.05 bits per heavy atom. The molecule has 0 bridgehead atoms. The minimum absolute atomic E-state index is 0.0219. The summed E-state index contributed by atoms with van der Waals surface area (Å²) in [7, 11) is 0. The summed E-state index contributed by atoms with van der Waals surface area (Å²) in [4.78, 5) is 23.3. The van der Waals surface area contributed by atoms with Crippen LogP contribution in [0.15, 0.2) is 43.0 Å². The van der Waals surface area contributed by atoms with Crippen molar-refractivity contribution in [2.75, 3.05) is 25.1 Å². The lowest BCUT2D eigenvalue weighted by atomic mass is 10.0. The van der Waals surface area contributed by atoms with Crippen LogP contribution in [-0.4, -0.2) is 61.1 Å². The van der Waals surface area contributed by atoms with E-state index < -0.39 is 24.8 Å². The number of carbonyl (C=O) groups excluding carboxylic acids is 1. The standard InChI is InChI=1S/C25H25F5N8O/c1-2-15-10-16(4-5-17(15)24(39)36-8-3-6-31-14-36)34-22-23-33-11-19(38(23)9-7-32-22)18-12-37(13-20(26)27)35-21(18)25(28,29)30/h4-5,7,9-12,20,31H,2-3,6,8,13-14H2,1H3,(H,32,34). The molecule has 3 aromatic heterocycles. The Bertz CT molecular complexity index is 1490. The molecule has 0 aliphatic carbocycles. The molecule has 1 aromatic carbocycles. The van der Waals surface area contributed by atoms with Crippen molar-refractivity contribution < 1.29 is 26.7 Å². The maximum Gasteiger partial charge on any atom is 0.435 e. The molecule has 1 saturated heterocycles. The lowest BCUT2D eigenvalue weighted by Gasteiger charge is -2.28. The second-order valence-corrected chi connectivity index (χ2v) is 9.05. The van der Waals surface area contributed by atoms with E-state index in [1.54, 1.807) is 17.0 Å². The van der Waals surface area contributed by atoms with E-state index in [0.717, 1.165) is 24.7 Å². The van der Waals surface area contributed by atoms with Gasteiger partial charge in [0, 0.05) is 36.4 Å². The fourth-order valence-electron chi connectivity index (χ4n) is 4.60. The highest BCUT2D eigenvalue weighted by molar-refractivity contribution is 5.96. The fraction of sp³-hybridized carbons (Fsp3) is 0.360. The van der Waals surface area contributed by atoms with Gasteiger partial charge in [-0.25, -0.2) is 18.7 Å². The molecule has 4 aromatic rings. The molecule has 2 N–H and O–H groups in total. The second-order valence-electron chi connectivity index (χ2n) is 9.05. The third kappa shape index (κ3) is 5.41. The molecule has 0 atom stereocenters. The van der Waals surface area contributed by atoms with Crippen LogP contribution < -0.4 is 10.6 Å². The summed E-state index contributed by atoms with van der Waals surface area (Å²) >= 11 is 0. The average Bonchev–Trinajstić information content (AvgIpc) is 3.53. The molecule has 206 valence electrons. The Labute approximate surface area is 219 Å². The number of imidazole rings is 1. The van der Waals surface area contributed by atoms with Crippen LogP contribution in [0.2, 0.25) is 0 Å². The van der Waals surface area contributed by atoms with Gasteiger partial charge in [-0.2, -0.15) is 18.3 Å². The Balaban J connectivity index is 1.47. The summed E-state index contributed by atoms with van der Waals surface area (Å²) < 4.78 is 68.7. The third-order valence-electron chi connectivity index (χ3n) is 6.41. The molecule has 1 amide bonds. The van der Waals surface area contributed by atoms with E-state index in [-0.39, 0.29) is 28.6 Å². The quantitative estimate of drug-likeness (QED) is 0.329. The van der Waals surface area contributed by atoms with Crippen LogP contribution in [0.1, 0.15) is 35.0 Å². The summed E-state index contributed by atoms with van der Waals surface area (Å²) in [6, 6.07) is 5.30. The van der Waals surface area contributed by atoms with E-state index in [1.165, 1.54) is 23.0 Å². The fourth-order valence-corrected chi connectivity index (χ4v) is 4.60. The number of halogens is 5. The molecule has 9 nitrogen and oxygen atoms in total. The van der Waals surface area contributed by atoms with Gasteiger partial charge >= 0.3 is 6.18 Å². The van der Waals surface area contributed by atoms with Crippen molar-refractivity contribution in [3.8, 4) is 11.3 Å². The van der Waals surface area contributed by atoms with Gasteiger partial charge in [-0.3, -0.25) is 19.2 Å². The summed E-state index contributed by atoms with van der Waals surface area (Å²) in [5.74, 6) is 0.204. The number of rotatable bonds is 7. The summed E-state index contributed by atoms with van der Waals surface area (Å²) in [5, 5.41) is 9.68. The van der Waals surface area contributed by atoms with Crippen molar-refractivity contribution in [1.82, 2.24) is 34.4 Å². The third-order valence-corrected chi connectivity index (χ3v) is 6.41. The van der Waals surface area contributed by atoms with Crippen molar-refractivity contribution in [3.63, 3.8) is 0 Å². The second kappa shape index (κ2) is 10.6. The minimum Gasteiger partial charge on any atom is -0.337 e. The molecule has 5 rings (SSSR count). The molecular formula is C25H25F5N8O. The van der Waals surface area contributed by atoms with Gasteiger partial charge < -0.3 is 10.2 Å². The highest BCUT2D eigenvalue weighted by Crippen LogP contribution is 2.37. The Hall–Kier alpha value is -4.07. The number of amides is 1. The predicted octanol–water partition coefficient (Wildman–Crippen LogP) is 4.58. The normalized spacial score (nSPS) is 14.4. The molecule has 0 unspecified atom stereocenters. The van der Waals surface area contributed by atoms with Gasteiger partial charge in [0.05, 0.1) is 24.1 Å². The highest BCUT2D eigenvalue weighted by atomic mass is 19.4. The maximum atomic E-state index is 13.7. The summed E-state index contributed by atoms with van der Waals surface area (Å²) in [6.45, 7) is 3.02. The van der Waals surface area contributed by atoms with Crippen LogP contribution in [0.4, 0.5) is 33.5 Å². The number of hydrogen-bond acceptors (Lipinski definition) is 6. The number of anilines is 2. The monoisotopic (exact) mass is 548 g/mol. The van der Waals surface area contributed by atoms with Gasteiger partial charge in [0.25, 0.3) is 12.3 Å². The maximum absolute atomic E-state index is 13.7. The number of alkyl halides is 5. The van der Waals surface area contributed by atoms with E-state index in [1.807, 2.05) is 13.0 Å². The zero-order valence-electron chi connectivity index (χ0n) is 20.8. The van der Waals surface area contributed by atoms with Crippen LogP contribution >= 0.6 is 0 Å². The predicted molar refractivity (Wildman–Crippen MR) is 133 cm³/mol. The van der Waals surface area contributed by atoms with Crippen molar-refractivity contribution in [2.24, 2.45) is 0 Å². The number of hydrogen-bond donors (Lipinski definition) is 2. The van der Waals surface area contributed by atoms with E-state index in [9.17, 15) is 26.7 Å². The molecule has 39 heavy (non-hydrogen) atoms. The van der Waals surface area contributed by atoms with E-state index in [0.29, 0.717) is 35.6 Å². The zero-order valence-corrected chi connectivity index (χ0v) is 20.8. The number of nitrogens with one attached hydrogen (secondary N) is 2. The van der Waals surface area contributed by atoms with Crippen LogP contribution in [-0.2, 0) is 19.1 Å². The largest absolute Gasteiger partial charge is 0.435 e. The first kappa shape index (κ1) is 26.5. The molecule has 14 heteroatoms. The number of benzene rings is 1. The lowest BCUT2D eigenvalue weighted by molar-refractivity contribution is -0.141. The highest BCUT2D eigenvalue weighted by Gasteiger charge is 2.38. The van der Waals surface area contributed by atoms with Crippen molar-refractivity contribution >= 4 is 23.1 Å². The smallest absolute Gasteiger partial charge is 0.337 e. The van der Waals surface area contributed by atoms with Gasteiger partial charge in [0.15, 0.2) is 17.2 Å². The van der Waals surface area contributed by atoms with Gasteiger partial charge in [0.2, 0.25) is 0 Å². The van der Waals surface area contributed by atoms with Crippen LogP contribution in [0.25, 0.3) is 16.9 Å². The van der Waals surface area contributed by atoms with Crippen molar-refractivity contribution in [1.29, 1.82) is 0 Å². The van der Waals surface area contributed by atoms with Gasteiger partial charge in [0.1, 0.15) is 6.54 Å². The lowest BCUT2D eigenvalue weighted by Crippen LogP contribution is -2.45. The SMILES string of the molecule is CCc1cc(Nc2nccn3c(-c4cn(CC(F)F)nc4C(F)(F)F)cnc23)ccc1C(=O)N1CCCNC1. The summed E-state index contributed by atoms with van der Waals surface area (Å²) in [5.41, 5.74) is 0.623. The van der Waals surface area contributed by atoms with Crippen LogP contribution in [0, 0.1) is 0 Å². The Morgan fingerprint density at radius 3 is 2.74 bits per heavy atom. The van der Waals surface area contributed by atoms with Gasteiger partial charge in [-0.05, 0) is 43.1 Å². The van der Waals surface area contributed by atoms with Gasteiger partial charge in [-0.1, -0.05) is 6.92 Å². The van der Waals surface area contributed by atoms with Crippen molar-refractivity contribution in [3.05, 3.63) is 59.8 Å². The number of aromatic nitrogens is 5. The van der Waals surface area contributed by atoms with Crippen LogP contribution in [0.5, 0.6) is 0 Å². The molecule has 0 radical (unpaired) electrons. The zero-order chi connectivity index (χ0) is 27.7. The van der Waals surface area contributed by atoms with E-state index >= 15 is 0 Å².